The van der Waals surface area contributed by atoms with Crippen LogP contribution in [0.2, 0.25) is 0 Å². The first kappa shape index (κ1) is 24.9. The van der Waals surface area contributed by atoms with Crippen molar-refractivity contribution in [1.82, 2.24) is 14.9 Å². The molecule has 1 saturated carbocycles. The first-order valence-electron chi connectivity index (χ1n) is 10.5. The number of hydrogen-bond acceptors (Lipinski definition) is 5. The van der Waals surface area contributed by atoms with Gasteiger partial charge in [0.15, 0.2) is 0 Å². The van der Waals surface area contributed by atoms with Crippen LogP contribution < -0.4 is 15.8 Å². The molecule has 7 nitrogen and oxygen atoms in total. The second-order valence-corrected chi connectivity index (χ2v) is 8.47. The van der Waals surface area contributed by atoms with E-state index in [4.69, 9.17) is 5.26 Å². The number of nitriles is 1. The van der Waals surface area contributed by atoms with Crippen molar-refractivity contribution in [2.45, 2.75) is 69.4 Å². The van der Waals surface area contributed by atoms with Crippen LogP contribution in [0.25, 0.3) is 0 Å². The van der Waals surface area contributed by atoms with E-state index in [1.54, 1.807) is 0 Å². The lowest BCUT2D eigenvalue weighted by molar-refractivity contribution is -0.179. The lowest BCUT2D eigenvalue weighted by Crippen LogP contribution is -2.42. The summed E-state index contributed by atoms with van der Waals surface area (Å²) in [6.45, 7) is -0.533. The van der Waals surface area contributed by atoms with Crippen molar-refractivity contribution in [2.24, 2.45) is 5.92 Å². The summed E-state index contributed by atoms with van der Waals surface area (Å²) in [6, 6.07) is 3.04. The molecule has 33 heavy (non-hydrogen) atoms. The summed E-state index contributed by atoms with van der Waals surface area (Å²) in [7, 11) is 0. The van der Waals surface area contributed by atoms with Gasteiger partial charge in [0.1, 0.15) is 23.7 Å². The van der Waals surface area contributed by atoms with Gasteiger partial charge in [0.2, 0.25) is 5.91 Å². The summed E-state index contributed by atoms with van der Waals surface area (Å²) in [5.41, 5.74) is -1.68. The van der Waals surface area contributed by atoms with Gasteiger partial charge < -0.3 is 10.2 Å². The third-order valence-electron chi connectivity index (χ3n) is 5.86. The molecule has 1 saturated heterocycles. The molecule has 0 unspecified atom stereocenters. The zero-order valence-corrected chi connectivity index (χ0v) is 17.6. The van der Waals surface area contributed by atoms with Crippen molar-refractivity contribution >= 4 is 11.7 Å². The first-order chi connectivity index (χ1) is 15.3. The van der Waals surface area contributed by atoms with Crippen molar-refractivity contribution in [3.05, 3.63) is 22.2 Å². The van der Waals surface area contributed by atoms with Gasteiger partial charge in [-0.15, -0.1) is 0 Å². The summed E-state index contributed by atoms with van der Waals surface area (Å²) < 4.78 is 77.5. The van der Waals surface area contributed by atoms with E-state index < -0.39 is 48.2 Å². The topological polar surface area (TPSA) is 91.0 Å². The Morgan fingerprint density at radius 3 is 2.36 bits per heavy atom. The molecule has 1 aromatic rings. The van der Waals surface area contributed by atoms with Crippen LogP contribution in [-0.2, 0) is 17.8 Å². The van der Waals surface area contributed by atoms with E-state index in [0.717, 1.165) is 10.6 Å². The average Bonchev–Trinajstić information content (AvgIpc) is 3.48. The molecule has 2 heterocycles. The maximum atomic E-state index is 12.9. The lowest BCUT2D eigenvalue weighted by atomic mass is 9.96. The Balaban J connectivity index is 1.79. The minimum atomic E-state index is -4.41. The molecule has 2 fully saturated rings. The number of halogens is 6. The van der Waals surface area contributed by atoms with Gasteiger partial charge in [0.25, 0.3) is 5.56 Å². The van der Waals surface area contributed by atoms with E-state index in [1.807, 2.05) is 6.07 Å². The minimum absolute atomic E-state index is 0.00615. The summed E-state index contributed by atoms with van der Waals surface area (Å²) in [5, 5.41) is 11.6. The first-order valence-corrected chi connectivity index (χ1v) is 10.5. The number of piperidine rings is 1. The van der Waals surface area contributed by atoms with Gasteiger partial charge in [-0.3, -0.25) is 14.2 Å². The number of alkyl halides is 6. The van der Waals surface area contributed by atoms with Gasteiger partial charge >= 0.3 is 12.4 Å². The van der Waals surface area contributed by atoms with Crippen LogP contribution in [0, 0.1) is 17.2 Å². The molecule has 1 amide bonds. The molecule has 13 heteroatoms. The molecular weight excluding hydrogens is 456 g/mol. The minimum Gasteiger partial charge on any atom is -0.356 e. The number of amides is 1. The molecule has 3 rings (SSSR count). The Bertz CT molecular complexity index is 969. The van der Waals surface area contributed by atoms with Crippen molar-refractivity contribution in [3.8, 4) is 6.07 Å². The Kier molecular flexibility index (Phi) is 6.95. The number of hydrogen-bond donors (Lipinski definition) is 1. The molecule has 0 aromatic carbocycles. The third-order valence-corrected chi connectivity index (χ3v) is 5.86. The van der Waals surface area contributed by atoms with Crippen molar-refractivity contribution < 1.29 is 31.1 Å². The number of carbonyl (C=O) groups excluding carboxylic acids is 1. The standard InChI is InChI=1S/C20H23F6N5O2/c21-19(22,23)5-1-2-14-28-15(30-8-3-13(4-9-30)20(24,25)26)10-17(33)31(14)11-16(32)29-18(12-27)6-7-18/h10,13H,1-9,11H2,(H,29,32). The lowest BCUT2D eigenvalue weighted by Gasteiger charge is -2.33. The Labute approximate surface area is 185 Å². The van der Waals surface area contributed by atoms with E-state index in [2.05, 4.69) is 10.3 Å². The van der Waals surface area contributed by atoms with Crippen molar-refractivity contribution in [2.75, 3.05) is 18.0 Å². The zero-order chi connectivity index (χ0) is 24.4. The molecule has 1 aromatic heterocycles. The Morgan fingerprint density at radius 2 is 1.85 bits per heavy atom. The molecule has 2 aliphatic rings. The molecule has 182 valence electrons. The quantitative estimate of drug-likeness (QED) is 0.607. The second-order valence-electron chi connectivity index (χ2n) is 8.47. The predicted octanol–water partition coefficient (Wildman–Crippen LogP) is 3.08. The van der Waals surface area contributed by atoms with Gasteiger partial charge in [0, 0.05) is 32.0 Å². The smallest absolute Gasteiger partial charge is 0.356 e. The predicted molar refractivity (Wildman–Crippen MR) is 104 cm³/mol. The number of rotatable bonds is 7. The number of nitrogens with one attached hydrogen (secondary N) is 1. The highest BCUT2D eigenvalue weighted by Gasteiger charge is 2.44. The molecular formula is C20H23F6N5O2. The summed E-state index contributed by atoms with van der Waals surface area (Å²) in [6.07, 6.45) is -9.91. The van der Waals surface area contributed by atoms with Crippen LogP contribution in [0.5, 0.6) is 0 Å². The van der Waals surface area contributed by atoms with Crippen LogP contribution >= 0.6 is 0 Å². The van der Waals surface area contributed by atoms with E-state index in [9.17, 15) is 35.9 Å². The van der Waals surface area contributed by atoms with E-state index >= 15 is 0 Å². The summed E-state index contributed by atoms with van der Waals surface area (Å²) >= 11 is 0. The zero-order valence-electron chi connectivity index (χ0n) is 17.6. The number of anilines is 1. The summed E-state index contributed by atoms with van der Waals surface area (Å²) in [5.74, 6) is -2.08. The molecule has 1 aliphatic heterocycles. The fraction of sp³-hybridized carbons (Fsp3) is 0.700. The van der Waals surface area contributed by atoms with Crippen LogP contribution in [0.3, 0.4) is 0 Å². The third kappa shape index (κ3) is 6.61. The van der Waals surface area contributed by atoms with Crippen molar-refractivity contribution in [1.29, 1.82) is 5.26 Å². The molecule has 1 N–H and O–H groups in total. The normalized spacial score (nSPS) is 18.6. The van der Waals surface area contributed by atoms with Gasteiger partial charge in [-0.1, -0.05) is 0 Å². The van der Waals surface area contributed by atoms with E-state index in [-0.39, 0.29) is 50.4 Å². The maximum Gasteiger partial charge on any atom is 0.391 e. The Morgan fingerprint density at radius 1 is 1.21 bits per heavy atom. The highest BCUT2D eigenvalue weighted by molar-refractivity contribution is 5.77. The second kappa shape index (κ2) is 9.23. The van der Waals surface area contributed by atoms with Crippen LogP contribution in [-0.4, -0.2) is 46.4 Å². The van der Waals surface area contributed by atoms with Crippen LogP contribution in [0.15, 0.2) is 10.9 Å². The van der Waals surface area contributed by atoms with Crippen LogP contribution in [0.4, 0.5) is 32.2 Å². The van der Waals surface area contributed by atoms with Gasteiger partial charge in [0.05, 0.1) is 12.0 Å². The van der Waals surface area contributed by atoms with E-state index in [0.29, 0.717) is 12.8 Å². The highest BCUT2D eigenvalue weighted by Crippen LogP contribution is 2.35. The average molecular weight is 479 g/mol. The number of carbonyl (C=O) groups is 1. The molecule has 0 bridgehead atoms. The largest absolute Gasteiger partial charge is 0.391 e. The highest BCUT2D eigenvalue weighted by atomic mass is 19.4. The Hall–Kier alpha value is -2.78. The number of aromatic nitrogens is 2. The van der Waals surface area contributed by atoms with Crippen molar-refractivity contribution in [3.63, 3.8) is 0 Å². The number of aryl methyl sites for hydroxylation is 1. The molecule has 0 atom stereocenters. The monoisotopic (exact) mass is 479 g/mol. The van der Waals surface area contributed by atoms with Gasteiger partial charge in [-0.2, -0.15) is 31.6 Å². The fourth-order valence-electron chi connectivity index (χ4n) is 3.79. The summed E-state index contributed by atoms with van der Waals surface area (Å²) in [4.78, 5) is 30.8. The SMILES string of the molecule is N#CC1(NC(=O)Cn2c(CCCC(F)(F)F)nc(N3CCC(C(F)(F)F)CC3)cc2=O)CC1. The van der Waals surface area contributed by atoms with Crippen LogP contribution in [0.1, 0.15) is 44.3 Å². The van der Waals surface area contributed by atoms with Gasteiger partial charge in [-0.05, 0) is 32.1 Å². The number of nitrogens with zero attached hydrogens (tertiary/aromatic N) is 4. The molecule has 0 radical (unpaired) electrons. The van der Waals surface area contributed by atoms with E-state index in [1.165, 1.54) is 4.90 Å². The fourth-order valence-corrected chi connectivity index (χ4v) is 3.79. The molecule has 0 spiro atoms. The molecule has 1 aliphatic carbocycles. The van der Waals surface area contributed by atoms with Gasteiger partial charge in [-0.25, -0.2) is 4.98 Å². The maximum absolute atomic E-state index is 12.9.